The Balaban J connectivity index is 1.55. The van der Waals surface area contributed by atoms with Crippen molar-refractivity contribution in [3.05, 3.63) is 57.9 Å². The first kappa shape index (κ1) is 22.8. The van der Waals surface area contributed by atoms with Crippen molar-refractivity contribution in [1.29, 1.82) is 0 Å². The zero-order valence-electron chi connectivity index (χ0n) is 16.9. The predicted molar refractivity (Wildman–Crippen MR) is 102 cm³/mol. The van der Waals surface area contributed by atoms with E-state index in [9.17, 15) is 31.1 Å². The molecule has 0 spiro atoms. The average Bonchev–Trinajstić information content (AvgIpc) is 3.05. The number of anilines is 1. The van der Waals surface area contributed by atoms with Gasteiger partial charge in [-0.25, -0.2) is 13.8 Å². The molecule has 1 aliphatic heterocycles. The summed E-state index contributed by atoms with van der Waals surface area (Å²) in [6, 6.07) is 3.31. The predicted octanol–water partition coefficient (Wildman–Crippen LogP) is 2.67. The lowest BCUT2D eigenvalue weighted by atomic mass is 10.1. The van der Waals surface area contributed by atoms with E-state index in [-0.39, 0.29) is 36.6 Å². The molecule has 1 fully saturated rings. The highest BCUT2D eigenvalue weighted by Crippen LogP contribution is 2.33. The summed E-state index contributed by atoms with van der Waals surface area (Å²) in [4.78, 5) is 14.2. The topological polar surface area (TPSA) is 78.1 Å². The maximum Gasteiger partial charge on any atom is 0.416 e. The van der Waals surface area contributed by atoms with Crippen molar-refractivity contribution >= 4 is 5.69 Å². The molecule has 2 aromatic heterocycles. The van der Waals surface area contributed by atoms with Crippen molar-refractivity contribution in [3.63, 3.8) is 0 Å². The molecular weight excluding hydrogens is 458 g/mol. The van der Waals surface area contributed by atoms with Gasteiger partial charge in [0.2, 0.25) is 0 Å². The number of benzene rings is 1. The quantitative estimate of drug-likeness (QED) is 0.512. The second kappa shape index (κ2) is 8.50. The lowest BCUT2D eigenvalue weighted by Gasteiger charge is -2.39. The van der Waals surface area contributed by atoms with Gasteiger partial charge in [0.05, 0.1) is 35.8 Å². The molecule has 14 heteroatoms. The molecule has 1 aliphatic rings. The van der Waals surface area contributed by atoms with Crippen LogP contribution in [-0.2, 0) is 24.5 Å². The Kier molecular flexibility index (Phi) is 5.86. The van der Waals surface area contributed by atoms with E-state index in [1.807, 2.05) is 0 Å². The number of aryl methyl sites for hydroxylation is 1. The van der Waals surface area contributed by atoms with Gasteiger partial charge < -0.3 is 9.64 Å². The van der Waals surface area contributed by atoms with Crippen LogP contribution in [0.4, 0.5) is 32.0 Å². The van der Waals surface area contributed by atoms with Crippen LogP contribution in [0, 0.1) is 5.82 Å². The molecular formula is C19H16F6N6O2. The van der Waals surface area contributed by atoms with Crippen LogP contribution in [0.15, 0.2) is 35.3 Å². The van der Waals surface area contributed by atoms with Gasteiger partial charge in [-0.3, -0.25) is 4.79 Å². The molecule has 0 radical (unpaired) electrons. The Morgan fingerprint density at radius 1 is 1.21 bits per heavy atom. The summed E-state index contributed by atoms with van der Waals surface area (Å²) < 4.78 is 84.1. The smallest absolute Gasteiger partial charge is 0.365 e. The van der Waals surface area contributed by atoms with Crippen LogP contribution < -0.4 is 10.5 Å². The number of aromatic nitrogens is 5. The standard InChI is InChI=1S/C19H16F6N6O2/c1-29-15(17(27-28-29)13-3-2-10(4-14(13)20)19(23,24)25)9-31-16(32)5-11(6-26-31)30-7-12(8-30)33-18(21)22/h2-6,12,18H,7-9H2,1H3. The Morgan fingerprint density at radius 2 is 1.94 bits per heavy atom. The number of alkyl halides is 5. The lowest BCUT2D eigenvalue weighted by Crippen LogP contribution is -2.53. The minimum absolute atomic E-state index is 0.0313. The molecule has 0 saturated carbocycles. The summed E-state index contributed by atoms with van der Waals surface area (Å²) in [7, 11) is 1.48. The molecule has 0 unspecified atom stereocenters. The highest BCUT2D eigenvalue weighted by Gasteiger charge is 2.32. The van der Waals surface area contributed by atoms with E-state index >= 15 is 0 Å². The van der Waals surface area contributed by atoms with E-state index < -0.39 is 35.8 Å². The fourth-order valence-corrected chi connectivity index (χ4v) is 3.38. The summed E-state index contributed by atoms with van der Waals surface area (Å²) in [6.07, 6.45) is -3.98. The summed E-state index contributed by atoms with van der Waals surface area (Å²) in [5, 5.41) is 11.7. The van der Waals surface area contributed by atoms with Gasteiger partial charge in [-0.15, -0.1) is 5.10 Å². The fourth-order valence-electron chi connectivity index (χ4n) is 3.38. The molecule has 176 valence electrons. The van der Waals surface area contributed by atoms with E-state index in [2.05, 4.69) is 20.1 Å². The van der Waals surface area contributed by atoms with Crippen molar-refractivity contribution in [2.75, 3.05) is 18.0 Å². The number of hydrogen-bond donors (Lipinski definition) is 0. The summed E-state index contributed by atoms with van der Waals surface area (Å²) in [5.74, 6) is -1.14. The molecule has 1 saturated heterocycles. The Morgan fingerprint density at radius 3 is 2.55 bits per heavy atom. The zero-order chi connectivity index (χ0) is 23.9. The Hall–Kier alpha value is -3.42. The van der Waals surface area contributed by atoms with Crippen LogP contribution in [0.25, 0.3) is 11.3 Å². The summed E-state index contributed by atoms with van der Waals surface area (Å²) >= 11 is 0. The molecule has 3 heterocycles. The third kappa shape index (κ3) is 4.69. The first-order chi connectivity index (χ1) is 15.5. The van der Waals surface area contributed by atoms with Gasteiger partial charge in [-0.1, -0.05) is 5.21 Å². The largest absolute Gasteiger partial charge is 0.416 e. The molecule has 8 nitrogen and oxygen atoms in total. The molecule has 4 rings (SSSR count). The van der Waals surface area contributed by atoms with Crippen molar-refractivity contribution in [2.24, 2.45) is 7.05 Å². The monoisotopic (exact) mass is 474 g/mol. The molecule has 1 aromatic carbocycles. The molecule has 0 N–H and O–H groups in total. The van der Waals surface area contributed by atoms with Crippen LogP contribution in [0.5, 0.6) is 0 Å². The Bertz CT molecular complexity index is 1220. The zero-order valence-corrected chi connectivity index (χ0v) is 16.9. The lowest BCUT2D eigenvalue weighted by molar-refractivity contribution is -0.167. The number of rotatable bonds is 6. The number of halogens is 6. The third-order valence-electron chi connectivity index (χ3n) is 5.16. The van der Waals surface area contributed by atoms with Crippen LogP contribution >= 0.6 is 0 Å². The van der Waals surface area contributed by atoms with E-state index in [0.717, 1.165) is 16.8 Å². The average molecular weight is 474 g/mol. The second-order valence-corrected chi connectivity index (χ2v) is 7.33. The molecule has 0 bridgehead atoms. The number of ether oxygens (including phenoxy) is 1. The van der Waals surface area contributed by atoms with E-state index in [1.54, 1.807) is 4.90 Å². The van der Waals surface area contributed by atoms with Crippen molar-refractivity contribution < 1.29 is 31.1 Å². The summed E-state index contributed by atoms with van der Waals surface area (Å²) in [6.45, 7) is -2.70. The van der Waals surface area contributed by atoms with Gasteiger partial charge in [0.1, 0.15) is 11.5 Å². The molecule has 3 aromatic rings. The van der Waals surface area contributed by atoms with Crippen LogP contribution in [0.3, 0.4) is 0 Å². The maximum atomic E-state index is 14.4. The maximum absolute atomic E-state index is 14.4. The highest BCUT2D eigenvalue weighted by atomic mass is 19.4. The first-order valence-corrected chi connectivity index (χ1v) is 9.54. The van der Waals surface area contributed by atoms with Crippen LogP contribution in [-0.4, -0.2) is 50.6 Å². The second-order valence-electron chi connectivity index (χ2n) is 7.33. The van der Waals surface area contributed by atoms with Gasteiger partial charge in [-0.05, 0) is 18.2 Å². The van der Waals surface area contributed by atoms with Crippen molar-refractivity contribution in [2.45, 2.75) is 25.4 Å². The molecule has 0 aliphatic carbocycles. The molecule has 33 heavy (non-hydrogen) atoms. The normalized spacial score (nSPS) is 14.7. The Labute approximate surface area is 182 Å². The number of nitrogens with zero attached hydrogens (tertiary/aromatic N) is 6. The van der Waals surface area contributed by atoms with Crippen LogP contribution in [0.2, 0.25) is 0 Å². The van der Waals surface area contributed by atoms with Gasteiger partial charge in [0.15, 0.2) is 0 Å². The first-order valence-electron chi connectivity index (χ1n) is 9.54. The van der Waals surface area contributed by atoms with Gasteiger partial charge >= 0.3 is 12.8 Å². The SMILES string of the molecule is Cn1nnc(-c2ccc(C(F)(F)F)cc2F)c1Cn1ncc(N2CC(OC(F)F)C2)cc1=O. The third-order valence-corrected chi connectivity index (χ3v) is 5.16. The van der Waals surface area contributed by atoms with Crippen LogP contribution in [0.1, 0.15) is 11.3 Å². The van der Waals surface area contributed by atoms with Gasteiger partial charge in [0.25, 0.3) is 5.56 Å². The van der Waals surface area contributed by atoms with Gasteiger partial charge in [-0.2, -0.15) is 27.1 Å². The van der Waals surface area contributed by atoms with E-state index in [1.165, 1.54) is 24.0 Å². The highest BCUT2D eigenvalue weighted by molar-refractivity contribution is 5.62. The minimum Gasteiger partial charge on any atom is -0.365 e. The molecule has 0 atom stereocenters. The van der Waals surface area contributed by atoms with E-state index in [4.69, 9.17) is 0 Å². The summed E-state index contributed by atoms with van der Waals surface area (Å²) in [5.41, 5.74) is -1.26. The molecule has 0 amide bonds. The number of hydrogen-bond acceptors (Lipinski definition) is 6. The minimum atomic E-state index is -4.70. The van der Waals surface area contributed by atoms with Crippen molar-refractivity contribution in [3.8, 4) is 11.3 Å². The van der Waals surface area contributed by atoms with Crippen molar-refractivity contribution in [1.82, 2.24) is 24.8 Å². The van der Waals surface area contributed by atoms with Gasteiger partial charge in [0, 0.05) is 31.8 Å². The van der Waals surface area contributed by atoms with E-state index in [0.29, 0.717) is 11.8 Å². The fraction of sp³-hybridized carbons (Fsp3) is 0.368.